The van der Waals surface area contributed by atoms with Gasteiger partial charge in [-0.1, -0.05) is 54.1 Å². The molecular formula is C16H15N. The highest BCUT2D eigenvalue weighted by Crippen LogP contribution is 2.28. The van der Waals surface area contributed by atoms with Crippen molar-refractivity contribution in [3.63, 3.8) is 0 Å². The number of aryl methyl sites for hydroxylation is 1. The lowest BCUT2D eigenvalue weighted by atomic mass is 10.00. The molecule has 1 heterocycles. The van der Waals surface area contributed by atoms with Crippen molar-refractivity contribution in [3.8, 4) is 0 Å². The van der Waals surface area contributed by atoms with Gasteiger partial charge in [-0.15, -0.1) is 0 Å². The summed E-state index contributed by atoms with van der Waals surface area (Å²) in [5.41, 5.74) is 6.39. The van der Waals surface area contributed by atoms with Crippen LogP contribution in [-0.4, -0.2) is 0 Å². The first-order valence-corrected chi connectivity index (χ1v) is 5.95. The minimum atomic E-state index is 1.01. The van der Waals surface area contributed by atoms with E-state index in [-0.39, 0.29) is 0 Å². The van der Waals surface area contributed by atoms with E-state index < -0.39 is 0 Å². The first-order chi connectivity index (χ1) is 8.33. The van der Waals surface area contributed by atoms with E-state index in [1.165, 1.54) is 28.1 Å². The Kier molecular flexibility index (Phi) is 2.45. The van der Waals surface area contributed by atoms with Crippen molar-refractivity contribution in [1.29, 1.82) is 0 Å². The van der Waals surface area contributed by atoms with Crippen molar-refractivity contribution in [2.45, 2.75) is 13.3 Å². The van der Waals surface area contributed by atoms with Gasteiger partial charge in [-0.3, -0.25) is 0 Å². The van der Waals surface area contributed by atoms with E-state index in [0.717, 1.165) is 6.42 Å². The lowest BCUT2D eigenvalue weighted by Crippen LogP contribution is -2.07. The Balaban J connectivity index is 1.95. The zero-order valence-electron chi connectivity index (χ0n) is 9.90. The Hall–Kier alpha value is -2.02. The van der Waals surface area contributed by atoms with Gasteiger partial charge in [-0.05, 0) is 30.5 Å². The van der Waals surface area contributed by atoms with Crippen molar-refractivity contribution < 1.29 is 0 Å². The SMILES string of the molecule is Cc1ccc2c(c1)CC=C(c1ccccc1)N2. The molecule has 0 spiro atoms. The van der Waals surface area contributed by atoms with Crippen LogP contribution in [0.3, 0.4) is 0 Å². The van der Waals surface area contributed by atoms with E-state index >= 15 is 0 Å². The van der Waals surface area contributed by atoms with Gasteiger partial charge in [0.05, 0.1) is 0 Å². The first kappa shape index (κ1) is 10.2. The van der Waals surface area contributed by atoms with E-state index in [4.69, 9.17) is 0 Å². The number of hydrogen-bond donors (Lipinski definition) is 1. The third-order valence-electron chi connectivity index (χ3n) is 3.14. The molecule has 0 saturated carbocycles. The summed E-state index contributed by atoms with van der Waals surface area (Å²) in [4.78, 5) is 0. The number of fused-ring (bicyclic) bond motifs is 1. The second kappa shape index (κ2) is 4.10. The van der Waals surface area contributed by atoms with Crippen molar-refractivity contribution in [2.75, 3.05) is 5.32 Å². The highest BCUT2D eigenvalue weighted by molar-refractivity contribution is 5.81. The molecule has 0 bridgehead atoms. The van der Waals surface area contributed by atoms with Crippen molar-refractivity contribution in [2.24, 2.45) is 0 Å². The molecule has 0 fully saturated rings. The molecule has 17 heavy (non-hydrogen) atoms. The molecule has 0 amide bonds. The number of nitrogens with one attached hydrogen (secondary N) is 1. The molecule has 0 aliphatic carbocycles. The normalized spacial score (nSPS) is 13.6. The quantitative estimate of drug-likeness (QED) is 0.767. The van der Waals surface area contributed by atoms with Crippen LogP contribution < -0.4 is 5.32 Å². The van der Waals surface area contributed by atoms with Crippen LogP contribution in [0.25, 0.3) is 5.70 Å². The van der Waals surface area contributed by atoms with Gasteiger partial charge in [0.25, 0.3) is 0 Å². The monoisotopic (exact) mass is 221 g/mol. The van der Waals surface area contributed by atoms with Gasteiger partial charge in [0, 0.05) is 11.4 Å². The molecule has 0 atom stereocenters. The lowest BCUT2D eigenvalue weighted by Gasteiger charge is -2.20. The fourth-order valence-electron chi connectivity index (χ4n) is 2.23. The van der Waals surface area contributed by atoms with E-state index in [1.54, 1.807) is 0 Å². The summed E-state index contributed by atoms with van der Waals surface area (Å²) in [5.74, 6) is 0. The van der Waals surface area contributed by atoms with Gasteiger partial charge < -0.3 is 5.32 Å². The molecular weight excluding hydrogens is 206 g/mol. The standard InChI is InChI=1S/C16H15N/c1-12-7-9-16-14(11-12)8-10-15(17-16)13-5-3-2-4-6-13/h2-7,9-11,17H,8H2,1H3. The number of benzene rings is 2. The van der Waals surface area contributed by atoms with Crippen molar-refractivity contribution in [1.82, 2.24) is 0 Å². The molecule has 2 aromatic carbocycles. The Morgan fingerprint density at radius 3 is 2.65 bits per heavy atom. The Bertz CT molecular complexity index is 567. The van der Waals surface area contributed by atoms with E-state index in [0.29, 0.717) is 0 Å². The second-order valence-corrected chi connectivity index (χ2v) is 4.47. The van der Waals surface area contributed by atoms with Crippen LogP contribution in [0.5, 0.6) is 0 Å². The Morgan fingerprint density at radius 2 is 1.82 bits per heavy atom. The zero-order chi connectivity index (χ0) is 11.7. The molecule has 3 rings (SSSR count). The average molecular weight is 221 g/mol. The molecule has 0 radical (unpaired) electrons. The summed E-state index contributed by atoms with van der Waals surface area (Å²) in [6.07, 6.45) is 3.27. The van der Waals surface area contributed by atoms with Crippen LogP contribution in [-0.2, 0) is 6.42 Å². The predicted octanol–water partition coefficient (Wildman–Crippen LogP) is 4.00. The van der Waals surface area contributed by atoms with Gasteiger partial charge in [-0.2, -0.15) is 0 Å². The summed E-state index contributed by atoms with van der Waals surface area (Å²) in [6, 6.07) is 17.0. The van der Waals surface area contributed by atoms with Crippen LogP contribution in [0.1, 0.15) is 16.7 Å². The summed E-state index contributed by atoms with van der Waals surface area (Å²) in [7, 11) is 0. The highest BCUT2D eigenvalue weighted by atomic mass is 14.9. The summed E-state index contributed by atoms with van der Waals surface area (Å²) in [6.45, 7) is 2.14. The van der Waals surface area contributed by atoms with Crippen LogP contribution in [0.15, 0.2) is 54.6 Å². The Labute approximate surface area is 102 Å². The summed E-state index contributed by atoms with van der Waals surface area (Å²) in [5, 5.41) is 3.50. The number of anilines is 1. The Morgan fingerprint density at radius 1 is 1.00 bits per heavy atom. The minimum Gasteiger partial charge on any atom is -0.355 e. The third-order valence-corrected chi connectivity index (χ3v) is 3.14. The maximum Gasteiger partial charge on any atom is 0.0420 e. The summed E-state index contributed by atoms with van der Waals surface area (Å²) >= 11 is 0. The molecule has 1 N–H and O–H groups in total. The zero-order valence-corrected chi connectivity index (χ0v) is 9.90. The smallest absolute Gasteiger partial charge is 0.0420 e. The van der Waals surface area contributed by atoms with Crippen LogP contribution in [0, 0.1) is 6.92 Å². The molecule has 1 nitrogen and oxygen atoms in total. The number of rotatable bonds is 1. The molecule has 1 aliphatic rings. The van der Waals surface area contributed by atoms with E-state index in [1.807, 2.05) is 6.07 Å². The molecule has 1 heteroatoms. The average Bonchev–Trinajstić information content (AvgIpc) is 2.39. The van der Waals surface area contributed by atoms with E-state index in [2.05, 4.69) is 60.8 Å². The van der Waals surface area contributed by atoms with Gasteiger partial charge >= 0.3 is 0 Å². The predicted molar refractivity (Wildman–Crippen MR) is 72.9 cm³/mol. The number of allylic oxidation sites excluding steroid dienone is 1. The lowest BCUT2D eigenvalue weighted by molar-refractivity contribution is 1.21. The van der Waals surface area contributed by atoms with Gasteiger partial charge in [0.15, 0.2) is 0 Å². The van der Waals surface area contributed by atoms with Crippen LogP contribution in [0.2, 0.25) is 0 Å². The van der Waals surface area contributed by atoms with Gasteiger partial charge in [-0.25, -0.2) is 0 Å². The maximum absolute atomic E-state index is 3.50. The topological polar surface area (TPSA) is 12.0 Å². The molecule has 0 unspecified atom stereocenters. The minimum absolute atomic E-state index is 1.01. The second-order valence-electron chi connectivity index (χ2n) is 4.47. The maximum atomic E-state index is 3.50. The molecule has 84 valence electrons. The fourth-order valence-corrected chi connectivity index (χ4v) is 2.23. The van der Waals surface area contributed by atoms with Crippen molar-refractivity contribution in [3.05, 3.63) is 71.3 Å². The van der Waals surface area contributed by atoms with Crippen LogP contribution >= 0.6 is 0 Å². The number of hydrogen-bond acceptors (Lipinski definition) is 1. The molecule has 1 aliphatic heterocycles. The fraction of sp³-hybridized carbons (Fsp3) is 0.125. The van der Waals surface area contributed by atoms with Crippen molar-refractivity contribution >= 4 is 11.4 Å². The molecule has 2 aromatic rings. The van der Waals surface area contributed by atoms with Crippen LogP contribution in [0.4, 0.5) is 5.69 Å². The summed E-state index contributed by atoms with van der Waals surface area (Å²) < 4.78 is 0. The third kappa shape index (κ3) is 1.96. The first-order valence-electron chi connectivity index (χ1n) is 5.95. The van der Waals surface area contributed by atoms with E-state index in [9.17, 15) is 0 Å². The van der Waals surface area contributed by atoms with Gasteiger partial charge in [0.1, 0.15) is 0 Å². The molecule has 0 aromatic heterocycles. The largest absolute Gasteiger partial charge is 0.355 e. The van der Waals surface area contributed by atoms with Gasteiger partial charge in [0.2, 0.25) is 0 Å². The molecule has 0 saturated heterocycles. The highest BCUT2D eigenvalue weighted by Gasteiger charge is 2.10.